The van der Waals surface area contributed by atoms with Gasteiger partial charge in [0.1, 0.15) is 11.5 Å². The van der Waals surface area contributed by atoms with E-state index in [1.54, 1.807) is 27.4 Å². The highest BCUT2D eigenvalue weighted by molar-refractivity contribution is 5.91. The first kappa shape index (κ1) is 21.2. The maximum absolute atomic E-state index is 12.1. The average molecular weight is 385 g/mol. The third-order valence-corrected chi connectivity index (χ3v) is 4.10. The molecule has 1 N–H and O–H groups in total. The van der Waals surface area contributed by atoms with E-state index in [1.165, 1.54) is 6.08 Å². The summed E-state index contributed by atoms with van der Waals surface area (Å²) < 4.78 is 21.4. The number of hydrogen-bond donors (Lipinski definition) is 1. The Morgan fingerprint density at radius 3 is 2.39 bits per heavy atom. The molecule has 0 aliphatic rings. The minimum Gasteiger partial charge on any atom is -0.497 e. The fourth-order valence-electron chi connectivity index (χ4n) is 2.69. The van der Waals surface area contributed by atoms with Crippen molar-refractivity contribution in [2.24, 2.45) is 0 Å². The van der Waals surface area contributed by atoms with Gasteiger partial charge in [0.15, 0.2) is 11.5 Å². The third kappa shape index (κ3) is 5.94. The van der Waals surface area contributed by atoms with Gasteiger partial charge in [-0.3, -0.25) is 4.79 Å². The third-order valence-electron chi connectivity index (χ3n) is 4.10. The second kappa shape index (κ2) is 10.9. The van der Waals surface area contributed by atoms with Gasteiger partial charge in [-0.2, -0.15) is 0 Å². The fourth-order valence-corrected chi connectivity index (χ4v) is 2.69. The van der Waals surface area contributed by atoms with E-state index in [9.17, 15) is 4.79 Å². The van der Waals surface area contributed by atoms with Crippen LogP contribution >= 0.6 is 0 Å². The van der Waals surface area contributed by atoms with Crippen molar-refractivity contribution in [2.45, 2.75) is 13.3 Å². The van der Waals surface area contributed by atoms with Crippen molar-refractivity contribution >= 4 is 12.0 Å². The van der Waals surface area contributed by atoms with Gasteiger partial charge in [0.2, 0.25) is 5.91 Å². The molecule has 1 amide bonds. The summed E-state index contributed by atoms with van der Waals surface area (Å²) in [5, 5.41) is 2.87. The van der Waals surface area contributed by atoms with Crippen molar-refractivity contribution in [3.05, 3.63) is 53.6 Å². The average Bonchev–Trinajstić information content (AvgIpc) is 2.72. The summed E-state index contributed by atoms with van der Waals surface area (Å²) in [5.41, 5.74) is 1.83. The van der Waals surface area contributed by atoms with Crippen LogP contribution in [-0.4, -0.2) is 40.4 Å². The Morgan fingerprint density at radius 2 is 1.71 bits per heavy atom. The molecule has 0 aromatic heterocycles. The number of ether oxygens (including phenoxy) is 4. The standard InChI is InChI=1S/C22H27NO5/c1-5-28-21-14-16(6-9-20(21)27-4)7-11-22(24)23-13-12-17-15-18(25-2)8-10-19(17)26-3/h6-11,14-15H,5,12-13H2,1-4H3,(H,23,24). The molecule has 0 saturated heterocycles. The Bertz CT molecular complexity index is 817. The highest BCUT2D eigenvalue weighted by atomic mass is 16.5. The van der Waals surface area contributed by atoms with Crippen LogP contribution in [0.2, 0.25) is 0 Å². The molecule has 2 rings (SSSR count). The molecule has 150 valence electrons. The molecular formula is C22H27NO5. The molecule has 6 nitrogen and oxygen atoms in total. The maximum Gasteiger partial charge on any atom is 0.244 e. The number of carbonyl (C=O) groups excluding carboxylic acids is 1. The van der Waals surface area contributed by atoms with Crippen molar-refractivity contribution in [3.63, 3.8) is 0 Å². The molecule has 0 heterocycles. The van der Waals surface area contributed by atoms with Crippen LogP contribution in [0.25, 0.3) is 6.08 Å². The van der Waals surface area contributed by atoms with Crippen molar-refractivity contribution in [1.82, 2.24) is 5.32 Å². The smallest absolute Gasteiger partial charge is 0.244 e. The maximum atomic E-state index is 12.1. The number of nitrogens with one attached hydrogen (secondary N) is 1. The molecule has 2 aromatic carbocycles. The molecule has 28 heavy (non-hydrogen) atoms. The van der Waals surface area contributed by atoms with Gasteiger partial charge in [0.05, 0.1) is 27.9 Å². The Morgan fingerprint density at radius 1 is 0.964 bits per heavy atom. The van der Waals surface area contributed by atoms with E-state index in [0.29, 0.717) is 31.1 Å². The molecule has 6 heteroatoms. The van der Waals surface area contributed by atoms with Gasteiger partial charge in [-0.1, -0.05) is 6.07 Å². The van der Waals surface area contributed by atoms with Crippen LogP contribution < -0.4 is 24.3 Å². The lowest BCUT2D eigenvalue weighted by molar-refractivity contribution is -0.116. The zero-order valence-electron chi connectivity index (χ0n) is 16.8. The zero-order chi connectivity index (χ0) is 20.4. The lowest BCUT2D eigenvalue weighted by Crippen LogP contribution is -2.23. The van der Waals surface area contributed by atoms with E-state index in [1.807, 2.05) is 43.3 Å². The molecule has 0 spiro atoms. The number of amides is 1. The quantitative estimate of drug-likeness (QED) is 0.634. The van der Waals surface area contributed by atoms with Crippen molar-refractivity contribution in [1.29, 1.82) is 0 Å². The van der Waals surface area contributed by atoms with E-state index < -0.39 is 0 Å². The lowest BCUT2D eigenvalue weighted by Gasteiger charge is -2.11. The van der Waals surface area contributed by atoms with E-state index in [4.69, 9.17) is 18.9 Å². The van der Waals surface area contributed by atoms with Gasteiger partial charge in [-0.25, -0.2) is 0 Å². The van der Waals surface area contributed by atoms with Crippen LogP contribution in [0, 0.1) is 0 Å². The molecule has 0 bridgehead atoms. The molecule has 0 atom stereocenters. The van der Waals surface area contributed by atoms with Crippen molar-refractivity contribution in [3.8, 4) is 23.0 Å². The molecule has 2 aromatic rings. The molecule has 0 radical (unpaired) electrons. The number of carbonyl (C=O) groups is 1. The molecule has 0 aliphatic heterocycles. The van der Waals surface area contributed by atoms with Crippen LogP contribution in [0.3, 0.4) is 0 Å². The number of hydrogen-bond acceptors (Lipinski definition) is 5. The summed E-state index contributed by atoms with van der Waals surface area (Å²) in [5.74, 6) is 2.67. The van der Waals surface area contributed by atoms with E-state index in [2.05, 4.69) is 5.32 Å². The SMILES string of the molecule is CCOc1cc(C=CC(=O)NCCc2cc(OC)ccc2OC)ccc1OC. The predicted octanol–water partition coefficient (Wildman–Crippen LogP) is 3.48. The first-order valence-electron chi connectivity index (χ1n) is 9.09. The summed E-state index contributed by atoms with van der Waals surface area (Å²) in [4.78, 5) is 12.1. The number of rotatable bonds is 10. The second-order valence-electron chi connectivity index (χ2n) is 5.90. The largest absolute Gasteiger partial charge is 0.497 e. The minimum atomic E-state index is -0.171. The second-order valence-corrected chi connectivity index (χ2v) is 5.90. The van der Waals surface area contributed by atoms with Crippen LogP contribution in [0.4, 0.5) is 0 Å². The summed E-state index contributed by atoms with van der Waals surface area (Å²) in [6.07, 6.45) is 3.88. The van der Waals surface area contributed by atoms with Gasteiger partial charge in [-0.05, 0) is 60.9 Å². The first-order valence-corrected chi connectivity index (χ1v) is 9.09. The predicted molar refractivity (Wildman–Crippen MR) is 109 cm³/mol. The first-order chi connectivity index (χ1) is 13.6. The highest BCUT2D eigenvalue weighted by Crippen LogP contribution is 2.28. The Labute approximate surface area is 166 Å². The van der Waals surface area contributed by atoms with Crippen LogP contribution in [0.1, 0.15) is 18.1 Å². The van der Waals surface area contributed by atoms with Crippen LogP contribution in [0.15, 0.2) is 42.5 Å². The Hall–Kier alpha value is -3.15. The summed E-state index contributed by atoms with van der Waals surface area (Å²) in [6.45, 7) is 2.93. The summed E-state index contributed by atoms with van der Waals surface area (Å²) in [7, 11) is 4.84. The van der Waals surface area contributed by atoms with Gasteiger partial charge >= 0.3 is 0 Å². The van der Waals surface area contributed by atoms with Gasteiger partial charge < -0.3 is 24.3 Å². The molecule has 0 aliphatic carbocycles. The van der Waals surface area contributed by atoms with E-state index in [0.717, 1.165) is 22.6 Å². The van der Waals surface area contributed by atoms with Crippen LogP contribution in [-0.2, 0) is 11.2 Å². The normalized spacial score (nSPS) is 10.6. The lowest BCUT2D eigenvalue weighted by atomic mass is 10.1. The van der Waals surface area contributed by atoms with E-state index >= 15 is 0 Å². The number of benzene rings is 2. The van der Waals surface area contributed by atoms with Gasteiger partial charge in [0, 0.05) is 12.6 Å². The minimum absolute atomic E-state index is 0.171. The zero-order valence-corrected chi connectivity index (χ0v) is 16.8. The molecule has 0 fully saturated rings. The molecule has 0 saturated carbocycles. The fraction of sp³-hybridized carbons (Fsp3) is 0.318. The topological polar surface area (TPSA) is 66.0 Å². The molecule has 0 unspecified atom stereocenters. The van der Waals surface area contributed by atoms with Crippen molar-refractivity contribution in [2.75, 3.05) is 34.5 Å². The Kier molecular flexibility index (Phi) is 8.21. The van der Waals surface area contributed by atoms with Gasteiger partial charge in [-0.15, -0.1) is 0 Å². The monoisotopic (exact) mass is 385 g/mol. The van der Waals surface area contributed by atoms with Crippen LogP contribution in [0.5, 0.6) is 23.0 Å². The molecular weight excluding hydrogens is 358 g/mol. The van der Waals surface area contributed by atoms with E-state index in [-0.39, 0.29) is 5.91 Å². The van der Waals surface area contributed by atoms with Gasteiger partial charge in [0.25, 0.3) is 0 Å². The summed E-state index contributed by atoms with van der Waals surface area (Å²) >= 11 is 0. The van der Waals surface area contributed by atoms with Crippen molar-refractivity contribution < 1.29 is 23.7 Å². The Balaban J connectivity index is 1.93. The summed E-state index contributed by atoms with van der Waals surface area (Å²) in [6, 6.07) is 11.1. The number of methoxy groups -OCH3 is 3. The highest BCUT2D eigenvalue weighted by Gasteiger charge is 2.06.